The van der Waals surface area contributed by atoms with Gasteiger partial charge in [0.05, 0.1) is 6.04 Å². The van der Waals surface area contributed by atoms with Crippen LogP contribution in [-0.2, 0) is 0 Å². The molecule has 26 heavy (non-hydrogen) atoms. The van der Waals surface area contributed by atoms with Gasteiger partial charge >= 0.3 is 12.1 Å². The van der Waals surface area contributed by atoms with E-state index in [1.54, 1.807) is 0 Å². The maximum Gasteiger partial charge on any atom is 0.573 e. The lowest BCUT2D eigenvalue weighted by atomic mass is 10.1. The summed E-state index contributed by atoms with van der Waals surface area (Å²) in [6.07, 6.45) is -4.74. The van der Waals surface area contributed by atoms with Gasteiger partial charge in [-0.25, -0.2) is 8.75 Å². The van der Waals surface area contributed by atoms with Gasteiger partial charge in [0.1, 0.15) is 5.75 Å². The van der Waals surface area contributed by atoms with Gasteiger partial charge in [0.15, 0.2) is 0 Å². The topological polar surface area (TPSA) is 56.1 Å². The first-order valence-corrected chi connectivity index (χ1v) is 8.37. The third-order valence-corrected chi connectivity index (χ3v) is 4.58. The number of hydrogen-bond donors (Lipinski definition) is 1. The number of benzene rings is 2. The summed E-state index contributed by atoms with van der Waals surface area (Å²) in [5.74, 6) is -0.320. The number of alkyl halides is 3. The van der Waals surface area contributed by atoms with Crippen LogP contribution in [0.2, 0.25) is 0 Å². The van der Waals surface area contributed by atoms with E-state index in [-0.39, 0.29) is 11.8 Å². The Labute approximate surface area is 150 Å². The minimum atomic E-state index is -4.74. The predicted octanol–water partition coefficient (Wildman–Crippen LogP) is 4.56. The predicted molar refractivity (Wildman–Crippen MR) is 93.0 cm³/mol. The van der Waals surface area contributed by atoms with Crippen molar-refractivity contribution in [3.63, 3.8) is 0 Å². The summed E-state index contributed by atoms with van der Waals surface area (Å²) in [5.41, 5.74) is 1.07. The van der Waals surface area contributed by atoms with Gasteiger partial charge in [0.25, 0.3) is 0 Å². The monoisotopic (exact) mass is 381 g/mol. The highest BCUT2D eigenvalue weighted by atomic mass is 32.1. The maximum absolute atomic E-state index is 12.2. The van der Waals surface area contributed by atoms with Crippen molar-refractivity contribution in [2.24, 2.45) is 0 Å². The molecule has 0 spiro atoms. The van der Waals surface area contributed by atoms with Gasteiger partial charge in [0, 0.05) is 5.69 Å². The molecular formula is C17H14F3N3O2S. The number of nitrogens with one attached hydrogen (secondary N) is 1. The standard InChI is InChI=1S/C17H14F3N3O2S/c1-11(12-5-3-2-4-6-12)23-16(24)22-15(26-23)21-13-7-9-14(10-8-13)25-17(18,19)20/h2-11H,1H3,(H,21,22,24). The average Bonchev–Trinajstić information content (AvgIpc) is 2.96. The van der Waals surface area contributed by atoms with Crippen LogP contribution >= 0.6 is 11.5 Å². The van der Waals surface area contributed by atoms with Crippen LogP contribution in [0.15, 0.2) is 59.4 Å². The fourth-order valence-corrected chi connectivity index (χ4v) is 3.18. The zero-order chi connectivity index (χ0) is 18.7. The second-order valence-electron chi connectivity index (χ2n) is 5.40. The first-order chi connectivity index (χ1) is 12.3. The van der Waals surface area contributed by atoms with Crippen molar-refractivity contribution >= 4 is 22.4 Å². The molecule has 9 heteroatoms. The van der Waals surface area contributed by atoms with E-state index < -0.39 is 12.1 Å². The lowest BCUT2D eigenvalue weighted by Gasteiger charge is -2.11. The molecule has 0 fully saturated rings. The molecule has 0 radical (unpaired) electrons. The molecule has 0 saturated heterocycles. The Kier molecular flexibility index (Phi) is 4.99. The molecule has 1 unspecified atom stereocenters. The maximum atomic E-state index is 12.2. The zero-order valence-electron chi connectivity index (χ0n) is 13.5. The molecule has 3 aromatic rings. The molecule has 0 bridgehead atoms. The fourth-order valence-electron chi connectivity index (χ4n) is 2.31. The summed E-state index contributed by atoms with van der Waals surface area (Å²) in [6, 6.07) is 14.5. The second kappa shape index (κ2) is 7.20. The number of hydrogen-bond acceptors (Lipinski definition) is 5. The highest BCUT2D eigenvalue weighted by Crippen LogP contribution is 2.26. The number of aromatic nitrogens is 2. The Morgan fingerprint density at radius 1 is 1.12 bits per heavy atom. The van der Waals surface area contributed by atoms with Crippen molar-refractivity contribution in [3.8, 4) is 5.75 Å². The Hall–Kier alpha value is -2.81. The minimum Gasteiger partial charge on any atom is -0.406 e. The van der Waals surface area contributed by atoms with Crippen molar-refractivity contribution in [1.82, 2.24) is 8.94 Å². The van der Waals surface area contributed by atoms with E-state index in [0.717, 1.165) is 17.1 Å². The van der Waals surface area contributed by atoms with Crippen molar-refractivity contribution < 1.29 is 17.9 Å². The van der Waals surface area contributed by atoms with Crippen molar-refractivity contribution in [3.05, 3.63) is 70.6 Å². The number of anilines is 2. The normalized spacial score (nSPS) is 12.6. The van der Waals surface area contributed by atoms with E-state index in [2.05, 4.69) is 15.0 Å². The molecule has 0 aliphatic rings. The van der Waals surface area contributed by atoms with Gasteiger partial charge in [-0.2, -0.15) is 4.98 Å². The molecular weight excluding hydrogens is 367 g/mol. The highest BCUT2D eigenvalue weighted by Gasteiger charge is 2.30. The molecule has 3 rings (SSSR count). The van der Waals surface area contributed by atoms with E-state index in [9.17, 15) is 18.0 Å². The molecule has 0 amide bonds. The second-order valence-corrected chi connectivity index (χ2v) is 6.36. The molecule has 5 nitrogen and oxygen atoms in total. The van der Waals surface area contributed by atoms with Gasteiger partial charge in [-0.1, -0.05) is 30.3 Å². The summed E-state index contributed by atoms with van der Waals surface area (Å²) in [5, 5.41) is 3.26. The van der Waals surface area contributed by atoms with Crippen LogP contribution in [-0.4, -0.2) is 15.3 Å². The third-order valence-electron chi connectivity index (χ3n) is 3.54. The van der Waals surface area contributed by atoms with Gasteiger partial charge in [-0.3, -0.25) is 0 Å². The lowest BCUT2D eigenvalue weighted by molar-refractivity contribution is -0.274. The average molecular weight is 381 g/mol. The summed E-state index contributed by atoms with van der Waals surface area (Å²) in [6.45, 7) is 1.89. The van der Waals surface area contributed by atoms with Crippen LogP contribution in [0.25, 0.3) is 0 Å². The molecule has 1 heterocycles. The smallest absolute Gasteiger partial charge is 0.406 e. The summed E-state index contributed by atoms with van der Waals surface area (Å²) in [7, 11) is 0. The first kappa shape index (κ1) is 18.0. The fraction of sp³-hybridized carbons (Fsp3) is 0.176. The van der Waals surface area contributed by atoms with Crippen LogP contribution in [0.3, 0.4) is 0 Å². The Bertz CT molecular complexity index is 921. The van der Waals surface area contributed by atoms with E-state index >= 15 is 0 Å². The molecule has 1 atom stereocenters. The summed E-state index contributed by atoms with van der Waals surface area (Å²) in [4.78, 5) is 16.1. The Morgan fingerprint density at radius 3 is 2.38 bits per heavy atom. The molecule has 0 aliphatic heterocycles. The van der Waals surface area contributed by atoms with Crippen molar-refractivity contribution in [1.29, 1.82) is 0 Å². The van der Waals surface area contributed by atoms with E-state index in [1.165, 1.54) is 28.2 Å². The van der Waals surface area contributed by atoms with E-state index in [0.29, 0.717) is 10.8 Å². The molecule has 1 N–H and O–H groups in total. The van der Waals surface area contributed by atoms with Gasteiger partial charge in [0.2, 0.25) is 5.13 Å². The quantitative estimate of drug-likeness (QED) is 0.704. The van der Waals surface area contributed by atoms with Crippen LogP contribution in [0, 0.1) is 0 Å². The Balaban J connectivity index is 1.74. The van der Waals surface area contributed by atoms with Gasteiger partial charge in [-0.15, -0.1) is 13.2 Å². The largest absolute Gasteiger partial charge is 0.573 e. The van der Waals surface area contributed by atoms with Crippen molar-refractivity contribution in [2.75, 3.05) is 5.32 Å². The van der Waals surface area contributed by atoms with Crippen molar-refractivity contribution in [2.45, 2.75) is 19.3 Å². The number of nitrogens with zero attached hydrogens (tertiary/aromatic N) is 2. The minimum absolute atomic E-state index is 0.181. The Morgan fingerprint density at radius 2 is 1.77 bits per heavy atom. The summed E-state index contributed by atoms with van der Waals surface area (Å²) >= 11 is 1.14. The first-order valence-electron chi connectivity index (χ1n) is 7.59. The number of ether oxygens (including phenoxy) is 1. The lowest BCUT2D eigenvalue weighted by Crippen LogP contribution is -2.19. The molecule has 2 aromatic carbocycles. The van der Waals surface area contributed by atoms with Crippen LogP contribution < -0.4 is 15.7 Å². The van der Waals surface area contributed by atoms with Crippen LogP contribution in [0.1, 0.15) is 18.5 Å². The van der Waals surface area contributed by atoms with E-state index in [4.69, 9.17) is 0 Å². The SMILES string of the molecule is CC(c1ccccc1)n1sc(Nc2ccc(OC(F)(F)F)cc2)nc1=O. The third kappa shape index (κ3) is 4.42. The molecule has 136 valence electrons. The van der Waals surface area contributed by atoms with Crippen LogP contribution in [0.5, 0.6) is 5.75 Å². The van der Waals surface area contributed by atoms with E-state index in [1.807, 2.05) is 37.3 Å². The zero-order valence-corrected chi connectivity index (χ0v) is 14.3. The number of rotatable bonds is 5. The molecule has 0 aliphatic carbocycles. The van der Waals surface area contributed by atoms with Gasteiger partial charge < -0.3 is 10.1 Å². The molecule has 0 saturated carbocycles. The number of halogens is 3. The van der Waals surface area contributed by atoms with Crippen LogP contribution in [0.4, 0.5) is 24.0 Å². The van der Waals surface area contributed by atoms with Gasteiger partial charge in [-0.05, 0) is 48.3 Å². The molecule has 1 aromatic heterocycles. The highest BCUT2D eigenvalue weighted by molar-refractivity contribution is 7.10. The summed E-state index contributed by atoms with van der Waals surface area (Å²) < 4.78 is 41.8.